The molecule has 2 aromatic carbocycles. The van der Waals surface area contributed by atoms with E-state index < -0.39 is 0 Å². The van der Waals surface area contributed by atoms with Gasteiger partial charge in [0, 0.05) is 0 Å². The second-order valence-corrected chi connectivity index (χ2v) is 9.25. The Balaban J connectivity index is 2.06. The van der Waals surface area contributed by atoms with Crippen molar-refractivity contribution in [1.29, 1.82) is 0 Å². The van der Waals surface area contributed by atoms with Crippen LogP contribution in [0.15, 0.2) is 48.5 Å². The molecule has 2 aromatic rings. The summed E-state index contributed by atoms with van der Waals surface area (Å²) in [6, 6.07) is 18.6. The minimum Gasteiger partial charge on any atom is -0.0651 e. The number of hydrogen-bond donors (Lipinski definition) is 0. The summed E-state index contributed by atoms with van der Waals surface area (Å²) >= 11 is -0.0478. The summed E-state index contributed by atoms with van der Waals surface area (Å²) in [5, 5.41) is 0. The van der Waals surface area contributed by atoms with Crippen LogP contribution in [0.4, 0.5) is 0 Å². The quantitative estimate of drug-likeness (QED) is 0.662. The molecule has 0 bridgehead atoms. The first-order chi connectivity index (χ1) is 10.0. The lowest BCUT2D eigenvalue weighted by Crippen LogP contribution is -3.61. The normalized spacial score (nSPS) is 11.6. The van der Waals surface area contributed by atoms with E-state index in [1.54, 1.807) is 0 Å². The van der Waals surface area contributed by atoms with Crippen LogP contribution in [0.3, 0.4) is 0 Å². The maximum absolute atomic E-state index is 2.33. The standard InChI is InChI=1S/C20H26I/c1-5-7-16-8-12-18(13-9-16)21-19-14-10-17(11-15-19)20(3,4)6-2/h8-15H,5-7H2,1-4H3/q+1. The summed E-state index contributed by atoms with van der Waals surface area (Å²) in [6.45, 7) is 9.14. The highest BCUT2D eigenvalue weighted by Gasteiger charge is 2.20. The predicted molar refractivity (Wildman–Crippen MR) is 87.6 cm³/mol. The molecule has 0 heterocycles. The van der Waals surface area contributed by atoms with E-state index in [9.17, 15) is 0 Å². The SMILES string of the molecule is CCCc1ccc([I+]c2ccc(C(C)(C)CC)cc2)cc1. The zero-order chi connectivity index (χ0) is 15.3. The summed E-state index contributed by atoms with van der Waals surface area (Å²) in [4.78, 5) is 0. The van der Waals surface area contributed by atoms with Crippen LogP contribution < -0.4 is 21.2 Å². The second kappa shape index (κ2) is 7.44. The molecule has 1 heteroatoms. The van der Waals surface area contributed by atoms with E-state index in [0.717, 1.165) is 0 Å². The van der Waals surface area contributed by atoms with Crippen molar-refractivity contribution in [2.75, 3.05) is 0 Å². The maximum atomic E-state index is 2.33. The van der Waals surface area contributed by atoms with E-state index in [1.807, 2.05) is 0 Å². The molecule has 0 unspecified atom stereocenters. The molecular formula is C20H26I+. The molecule has 0 N–H and O–H groups in total. The van der Waals surface area contributed by atoms with Crippen molar-refractivity contribution >= 4 is 0 Å². The molecule has 0 aliphatic rings. The molecule has 0 saturated carbocycles. The first-order valence-electron chi connectivity index (χ1n) is 7.89. The van der Waals surface area contributed by atoms with Crippen LogP contribution in [0.1, 0.15) is 51.7 Å². The van der Waals surface area contributed by atoms with E-state index in [1.165, 1.54) is 37.5 Å². The van der Waals surface area contributed by atoms with E-state index in [-0.39, 0.29) is 21.2 Å². The van der Waals surface area contributed by atoms with E-state index in [0.29, 0.717) is 5.41 Å². The lowest BCUT2D eigenvalue weighted by atomic mass is 9.82. The van der Waals surface area contributed by atoms with Gasteiger partial charge >= 0.3 is 21.2 Å². The lowest BCUT2D eigenvalue weighted by Gasteiger charge is -2.22. The topological polar surface area (TPSA) is 0 Å². The number of hydrogen-bond acceptors (Lipinski definition) is 0. The van der Waals surface area contributed by atoms with Gasteiger partial charge < -0.3 is 0 Å². The largest absolute Gasteiger partial charge is 0.357 e. The fraction of sp³-hybridized carbons (Fsp3) is 0.400. The Labute approximate surface area is 140 Å². The van der Waals surface area contributed by atoms with Crippen LogP contribution in [0.25, 0.3) is 0 Å². The zero-order valence-electron chi connectivity index (χ0n) is 13.6. The molecule has 0 aliphatic heterocycles. The Bertz CT molecular complexity index is 549. The van der Waals surface area contributed by atoms with Crippen molar-refractivity contribution in [1.82, 2.24) is 0 Å². The van der Waals surface area contributed by atoms with E-state index >= 15 is 0 Å². The minimum atomic E-state index is -0.0478. The van der Waals surface area contributed by atoms with Gasteiger partial charge in [0.2, 0.25) is 0 Å². The Hall–Kier alpha value is -0.830. The average Bonchev–Trinajstić information content (AvgIpc) is 2.50. The molecule has 0 saturated heterocycles. The van der Waals surface area contributed by atoms with Crippen molar-refractivity contribution in [3.05, 3.63) is 66.8 Å². The van der Waals surface area contributed by atoms with Gasteiger partial charge in [0.1, 0.15) is 0 Å². The van der Waals surface area contributed by atoms with E-state index in [2.05, 4.69) is 76.2 Å². The van der Waals surface area contributed by atoms with Crippen LogP contribution >= 0.6 is 0 Å². The van der Waals surface area contributed by atoms with Gasteiger partial charge in [-0.1, -0.05) is 58.4 Å². The van der Waals surface area contributed by atoms with Crippen molar-refractivity contribution in [2.45, 2.75) is 52.4 Å². The summed E-state index contributed by atoms with van der Waals surface area (Å²) < 4.78 is 3.02. The Kier molecular flexibility index (Phi) is 5.86. The van der Waals surface area contributed by atoms with Crippen molar-refractivity contribution in [2.24, 2.45) is 0 Å². The molecule has 21 heavy (non-hydrogen) atoms. The molecule has 0 spiro atoms. The fourth-order valence-corrected chi connectivity index (χ4v) is 4.45. The molecule has 0 fully saturated rings. The molecule has 112 valence electrons. The van der Waals surface area contributed by atoms with Crippen LogP contribution in [0, 0.1) is 7.14 Å². The zero-order valence-corrected chi connectivity index (χ0v) is 15.8. The molecular weight excluding hydrogens is 367 g/mol. The highest BCUT2D eigenvalue weighted by molar-refractivity contribution is 5.23. The maximum Gasteiger partial charge on any atom is 0.357 e. The van der Waals surface area contributed by atoms with Crippen LogP contribution in [-0.2, 0) is 11.8 Å². The number of benzene rings is 2. The summed E-state index contributed by atoms with van der Waals surface area (Å²) in [7, 11) is 0. The third-order valence-electron chi connectivity index (χ3n) is 4.18. The third-order valence-corrected chi connectivity index (χ3v) is 6.86. The van der Waals surface area contributed by atoms with Crippen molar-refractivity contribution < 1.29 is 21.2 Å². The van der Waals surface area contributed by atoms with Crippen LogP contribution in [-0.4, -0.2) is 0 Å². The second-order valence-electron chi connectivity index (χ2n) is 6.22. The lowest BCUT2D eigenvalue weighted by molar-refractivity contribution is -0.597. The Morgan fingerprint density at radius 3 is 1.81 bits per heavy atom. The van der Waals surface area contributed by atoms with Gasteiger partial charge in [0.05, 0.1) is 0 Å². The highest BCUT2D eigenvalue weighted by atomic mass is 127. The molecule has 0 amide bonds. The molecule has 0 nitrogen and oxygen atoms in total. The Morgan fingerprint density at radius 2 is 1.33 bits per heavy atom. The first-order valence-corrected chi connectivity index (χ1v) is 10.0. The molecule has 0 aromatic heterocycles. The first kappa shape index (κ1) is 16.5. The molecule has 0 atom stereocenters. The summed E-state index contributed by atoms with van der Waals surface area (Å²) in [6.07, 6.45) is 3.60. The van der Waals surface area contributed by atoms with E-state index in [4.69, 9.17) is 0 Å². The van der Waals surface area contributed by atoms with Crippen LogP contribution in [0.2, 0.25) is 0 Å². The van der Waals surface area contributed by atoms with Gasteiger partial charge in [-0.15, -0.1) is 0 Å². The van der Waals surface area contributed by atoms with Gasteiger partial charge in [0.25, 0.3) is 0 Å². The van der Waals surface area contributed by atoms with Crippen LogP contribution in [0.5, 0.6) is 0 Å². The van der Waals surface area contributed by atoms with Crippen molar-refractivity contribution in [3.63, 3.8) is 0 Å². The fourth-order valence-electron chi connectivity index (χ4n) is 2.30. The highest BCUT2D eigenvalue weighted by Crippen LogP contribution is 2.25. The number of rotatable bonds is 6. The Morgan fingerprint density at radius 1 is 0.810 bits per heavy atom. The summed E-state index contributed by atoms with van der Waals surface area (Å²) in [5.41, 5.74) is 3.21. The average molecular weight is 393 g/mol. The third kappa shape index (κ3) is 4.57. The van der Waals surface area contributed by atoms with Gasteiger partial charge in [-0.2, -0.15) is 0 Å². The number of halogens is 1. The van der Waals surface area contributed by atoms with Gasteiger partial charge in [-0.05, 0) is 53.6 Å². The van der Waals surface area contributed by atoms with Gasteiger partial charge in [-0.3, -0.25) is 0 Å². The number of aryl methyl sites for hydroxylation is 1. The molecule has 0 radical (unpaired) electrons. The predicted octanol–water partition coefficient (Wildman–Crippen LogP) is 2.46. The van der Waals surface area contributed by atoms with Gasteiger partial charge in [0.15, 0.2) is 7.14 Å². The molecule has 2 rings (SSSR count). The van der Waals surface area contributed by atoms with Crippen molar-refractivity contribution in [3.8, 4) is 0 Å². The molecule has 0 aliphatic carbocycles. The monoisotopic (exact) mass is 393 g/mol. The smallest absolute Gasteiger partial charge is 0.0651 e. The summed E-state index contributed by atoms with van der Waals surface area (Å²) in [5.74, 6) is 0. The van der Waals surface area contributed by atoms with Gasteiger partial charge in [-0.25, -0.2) is 0 Å². The minimum absolute atomic E-state index is 0.0478.